The molecule has 202 valence electrons. The molecule has 0 aliphatic rings. The van der Waals surface area contributed by atoms with E-state index in [4.69, 9.17) is 18.8 Å². The van der Waals surface area contributed by atoms with E-state index in [1.54, 1.807) is 24.3 Å². The smallest absolute Gasteiger partial charge is 0.347 e. The number of rotatable bonds is 5. The highest BCUT2D eigenvalue weighted by molar-refractivity contribution is 5.88. The molecule has 0 N–H and O–H groups in total. The molecule has 0 atom stereocenters. The zero-order chi connectivity index (χ0) is 28.2. The van der Waals surface area contributed by atoms with Crippen LogP contribution in [0.4, 0.5) is 0 Å². The average molecular weight is 551 g/mol. The summed E-state index contributed by atoms with van der Waals surface area (Å²) in [5, 5.41) is 2.89. The summed E-state index contributed by atoms with van der Waals surface area (Å²) < 4.78 is 15.7. The first-order valence-electron chi connectivity index (χ1n) is 13.6. The minimum absolute atomic E-state index is 0.259. The Balaban J connectivity index is 1.28. The molecule has 42 heavy (non-hydrogen) atoms. The fourth-order valence-corrected chi connectivity index (χ4v) is 5.71. The molecule has 0 saturated carbocycles. The van der Waals surface area contributed by atoms with Gasteiger partial charge in [0.05, 0.1) is 21.8 Å². The number of nitrogens with zero attached hydrogens (tertiary/aromatic N) is 4. The molecule has 8 nitrogen and oxygen atoms in total. The molecule has 0 aliphatic heterocycles. The van der Waals surface area contributed by atoms with E-state index in [1.165, 1.54) is 0 Å². The lowest BCUT2D eigenvalue weighted by Crippen LogP contribution is -2.12. The van der Waals surface area contributed by atoms with Crippen LogP contribution in [0.25, 0.3) is 66.8 Å². The SMILES string of the molecule is O=c1oc(-c2cc3ccccc3n2CCn2c(-c3nc4ccccc4c(=O)o3)cc3ccccc32)nc2ccccc12. The Kier molecular flexibility index (Phi) is 5.40. The van der Waals surface area contributed by atoms with Crippen LogP contribution in [-0.2, 0) is 13.1 Å². The standard InChI is InChI=1S/C34H22N4O4/c39-33-23-11-3-5-13-25(23)35-31(41-33)29-19-21-9-1-7-15-27(21)37(29)17-18-38-28-16-8-2-10-22(28)20-30(38)32-36-26-14-6-4-12-24(26)34(40)42-32/h1-16,19-20H,17-18H2. The molecule has 8 aromatic rings. The maximum absolute atomic E-state index is 12.8. The minimum atomic E-state index is -0.427. The molecular weight excluding hydrogens is 528 g/mol. The van der Waals surface area contributed by atoms with Gasteiger partial charge in [0.15, 0.2) is 0 Å². The summed E-state index contributed by atoms with van der Waals surface area (Å²) >= 11 is 0. The van der Waals surface area contributed by atoms with Crippen molar-refractivity contribution in [1.82, 2.24) is 19.1 Å². The maximum Gasteiger partial charge on any atom is 0.347 e. The molecule has 0 fully saturated rings. The molecule has 8 heteroatoms. The number of para-hydroxylation sites is 4. The van der Waals surface area contributed by atoms with E-state index in [9.17, 15) is 9.59 Å². The number of benzene rings is 4. The number of hydrogen-bond acceptors (Lipinski definition) is 6. The third-order valence-electron chi connectivity index (χ3n) is 7.68. The fourth-order valence-electron chi connectivity index (χ4n) is 5.71. The van der Waals surface area contributed by atoms with Gasteiger partial charge in [-0.15, -0.1) is 0 Å². The van der Waals surface area contributed by atoms with Crippen molar-refractivity contribution in [3.63, 3.8) is 0 Å². The van der Waals surface area contributed by atoms with E-state index in [0.29, 0.717) is 46.3 Å². The Morgan fingerprint density at radius 1 is 0.524 bits per heavy atom. The van der Waals surface area contributed by atoms with Crippen molar-refractivity contribution >= 4 is 43.6 Å². The zero-order valence-corrected chi connectivity index (χ0v) is 22.2. The van der Waals surface area contributed by atoms with Gasteiger partial charge in [0.25, 0.3) is 0 Å². The summed E-state index contributed by atoms with van der Waals surface area (Å²) in [4.78, 5) is 35.1. The normalized spacial score (nSPS) is 11.7. The number of fused-ring (bicyclic) bond motifs is 4. The van der Waals surface area contributed by atoms with Gasteiger partial charge < -0.3 is 18.0 Å². The largest absolute Gasteiger partial charge is 0.401 e. The number of aromatic nitrogens is 4. The van der Waals surface area contributed by atoms with Crippen LogP contribution in [0.3, 0.4) is 0 Å². The van der Waals surface area contributed by atoms with Crippen LogP contribution in [0.1, 0.15) is 0 Å². The Hall–Kier alpha value is -5.76. The molecule has 4 aromatic heterocycles. The van der Waals surface area contributed by atoms with Gasteiger partial charge in [-0.1, -0.05) is 60.7 Å². The Labute approximate surface area is 237 Å². The van der Waals surface area contributed by atoms with Gasteiger partial charge in [-0.25, -0.2) is 19.6 Å². The Morgan fingerprint density at radius 3 is 1.40 bits per heavy atom. The fraction of sp³-hybridized carbons (Fsp3) is 0.0588. The third-order valence-corrected chi connectivity index (χ3v) is 7.68. The predicted octanol–water partition coefficient (Wildman–Crippen LogP) is 6.63. The highest BCUT2D eigenvalue weighted by Crippen LogP contribution is 2.31. The van der Waals surface area contributed by atoms with E-state index >= 15 is 0 Å². The monoisotopic (exact) mass is 550 g/mol. The summed E-state index contributed by atoms with van der Waals surface area (Å²) in [5.41, 5.74) is 3.68. The van der Waals surface area contributed by atoms with Gasteiger partial charge in [0, 0.05) is 34.9 Å². The maximum atomic E-state index is 12.8. The van der Waals surface area contributed by atoms with E-state index in [-0.39, 0.29) is 11.8 Å². The lowest BCUT2D eigenvalue weighted by atomic mass is 10.2. The van der Waals surface area contributed by atoms with Crippen molar-refractivity contribution in [3.8, 4) is 23.2 Å². The Bertz CT molecular complexity index is 2260. The highest BCUT2D eigenvalue weighted by atomic mass is 16.4. The van der Waals surface area contributed by atoms with Crippen LogP contribution in [0.2, 0.25) is 0 Å². The van der Waals surface area contributed by atoms with Crippen molar-refractivity contribution < 1.29 is 8.83 Å². The summed E-state index contributed by atoms with van der Waals surface area (Å²) in [7, 11) is 0. The van der Waals surface area contributed by atoms with Gasteiger partial charge in [0.1, 0.15) is 11.4 Å². The third kappa shape index (κ3) is 3.84. The summed E-state index contributed by atoms with van der Waals surface area (Å²) in [6.45, 7) is 1.04. The molecular formula is C34H22N4O4. The number of aryl methyl sites for hydroxylation is 2. The molecule has 0 saturated heterocycles. The molecule has 8 rings (SSSR count). The van der Waals surface area contributed by atoms with E-state index < -0.39 is 11.3 Å². The molecule has 0 bridgehead atoms. The molecule has 0 radical (unpaired) electrons. The molecule has 4 aromatic carbocycles. The lowest BCUT2D eigenvalue weighted by molar-refractivity contribution is 0.502. The quantitative estimate of drug-likeness (QED) is 0.239. The van der Waals surface area contributed by atoms with Gasteiger partial charge in [0.2, 0.25) is 11.8 Å². The zero-order valence-electron chi connectivity index (χ0n) is 22.2. The summed E-state index contributed by atoms with van der Waals surface area (Å²) in [5.74, 6) is 0.518. The lowest BCUT2D eigenvalue weighted by Gasteiger charge is -2.14. The van der Waals surface area contributed by atoms with Crippen LogP contribution < -0.4 is 11.3 Å². The van der Waals surface area contributed by atoms with Crippen molar-refractivity contribution in [3.05, 3.63) is 130 Å². The van der Waals surface area contributed by atoms with Crippen LogP contribution >= 0.6 is 0 Å². The van der Waals surface area contributed by atoms with Crippen LogP contribution in [0.5, 0.6) is 0 Å². The van der Waals surface area contributed by atoms with Gasteiger partial charge in [-0.2, -0.15) is 0 Å². The Morgan fingerprint density at radius 2 is 0.929 bits per heavy atom. The average Bonchev–Trinajstić information content (AvgIpc) is 3.58. The first-order valence-corrected chi connectivity index (χ1v) is 13.6. The summed E-state index contributed by atoms with van der Waals surface area (Å²) in [6, 6.07) is 34.4. The second-order valence-electron chi connectivity index (χ2n) is 10.1. The van der Waals surface area contributed by atoms with Crippen LogP contribution in [0, 0.1) is 0 Å². The van der Waals surface area contributed by atoms with Crippen molar-refractivity contribution in [2.24, 2.45) is 0 Å². The second kappa shape index (κ2) is 9.42. The molecule has 0 unspecified atom stereocenters. The first-order chi connectivity index (χ1) is 20.6. The number of hydrogen-bond donors (Lipinski definition) is 0. The van der Waals surface area contributed by atoms with Crippen molar-refractivity contribution in [1.29, 1.82) is 0 Å². The van der Waals surface area contributed by atoms with E-state index in [1.807, 2.05) is 84.9 Å². The predicted molar refractivity (Wildman–Crippen MR) is 162 cm³/mol. The molecule has 0 amide bonds. The first kappa shape index (κ1) is 24.1. The van der Waals surface area contributed by atoms with Crippen molar-refractivity contribution in [2.45, 2.75) is 13.1 Å². The summed E-state index contributed by atoms with van der Waals surface area (Å²) in [6.07, 6.45) is 0. The van der Waals surface area contributed by atoms with Crippen LogP contribution in [-0.4, -0.2) is 19.1 Å². The topological polar surface area (TPSA) is 96.1 Å². The van der Waals surface area contributed by atoms with Gasteiger partial charge >= 0.3 is 11.3 Å². The van der Waals surface area contributed by atoms with Gasteiger partial charge in [-0.05, 0) is 48.5 Å². The molecule has 0 spiro atoms. The van der Waals surface area contributed by atoms with Crippen LogP contribution in [0.15, 0.2) is 128 Å². The van der Waals surface area contributed by atoms with Gasteiger partial charge in [-0.3, -0.25) is 0 Å². The van der Waals surface area contributed by atoms with Crippen molar-refractivity contribution in [2.75, 3.05) is 0 Å². The minimum Gasteiger partial charge on any atom is -0.401 e. The second-order valence-corrected chi connectivity index (χ2v) is 10.1. The molecule has 4 heterocycles. The highest BCUT2D eigenvalue weighted by Gasteiger charge is 2.19. The molecule has 0 aliphatic carbocycles. The van der Waals surface area contributed by atoms with E-state index in [0.717, 1.165) is 21.8 Å². The van der Waals surface area contributed by atoms with E-state index in [2.05, 4.69) is 9.13 Å².